The van der Waals surface area contributed by atoms with E-state index in [1.165, 1.54) is 57.8 Å². The van der Waals surface area contributed by atoms with E-state index in [4.69, 9.17) is 0 Å². The number of hydrogen-bond donors (Lipinski definition) is 1. The number of carbonyl (C=O) groups is 1. The molecule has 0 heterocycles. The SMILES string of the molecule is CC(CCC(=O)O)C1CC[C@]23CC(CC4C2C(C)C[C@@H]2CC[C@@H](C)CCC42C)C13C. The van der Waals surface area contributed by atoms with Gasteiger partial charge in [0.15, 0.2) is 0 Å². The van der Waals surface area contributed by atoms with Gasteiger partial charge in [0.1, 0.15) is 0 Å². The lowest BCUT2D eigenvalue weighted by molar-refractivity contribution is -0.280. The second-order valence-electron chi connectivity index (χ2n) is 13.4. The lowest BCUT2D eigenvalue weighted by Gasteiger charge is -2.76. The van der Waals surface area contributed by atoms with E-state index < -0.39 is 5.97 Å². The van der Waals surface area contributed by atoms with Crippen molar-refractivity contribution >= 4 is 5.97 Å². The van der Waals surface area contributed by atoms with Crippen LogP contribution in [-0.2, 0) is 4.79 Å². The average molecular weight is 415 g/mol. The van der Waals surface area contributed by atoms with Gasteiger partial charge in [-0.05, 0) is 115 Å². The van der Waals surface area contributed by atoms with Gasteiger partial charge < -0.3 is 5.11 Å². The van der Waals surface area contributed by atoms with E-state index >= 15 is 0 Å². The minimum absolute atomic E-state index is 0.353. The van der Waals surface area contributed by atoms with E-state index in [0.29, 0.717) is 28.6 Å². The number of hydrogen-bond acceptors (Lipinski definition) is 1. The Balaban J connectivity index is 1.44. The van der Waals surface area contributed by atoms with Crippen LogP contribution in [0.25, 0.3) is 0 Å². The van der Waals surface area contributed by atoms with Crippen LogP contribution < -0.4 is 0 Å². The van der Waals surface area contributed by atoms with Gasteiger partial charge in [0.05, 0.1) is 0 Å². The number of fused-ring (bicyclic) bond motifs is 5. The Kier molecular flexibility index (Phi) is 4.96. The Morgan fingerprint density at radius 3 is 2.53 bits per heavy atom. The van der Waals surface area contributed by atoms with E-state index in [0.717, 1.165) is 47.8 Å². The summed E-state index contributed by atoms with van der Waals surface area (Å²) in [5.41, 5.74) is 1.65. The van der Waals surface area contributed by atoms with E-state index in [2.05, 4.69) is 34.6 Å². The first-order chi connectivity index (χ1) is 14.1. The van der Waals surface area contributed by atoms with Gasteiger partial charge in [-0.2, -0.15) is 0 Å². The van der Waals surface area contributed by atoms with Crippen molar-refractivity contribution in [3.05, 3.63) is 0 Å². The van der Waals surface area contributed by atoms with Crippen molar-refractivity contribution in [1.82, 2.24) is 0 Å². The fraction of sp³-hybridized carbons (Fsp3) is 0.964. The van der Waals surface area contributed by atoms with Crippen molar-refractivity contribution in [2.75, 3.05) is 0 Å². The minimum atomic E-state index is -0.615. The summed E-state index contributed by atoms with van der Waals surface area (Å²) in [6.07, 6.45) is 14.3. The molecular formula is C28H46O2. The van der Waals surface area contributed by atoms with Crippen molar-refractivity contribution in [1.29, 1.82) is 0 Å². The molecule has 0 aromatic heterocycles. The smallest absolute Gasteiger partial charge is 0.303 e. The van der Waals surface area contributed by atoms with Gasteiger partial charge in [0.2, 0.25) is 0 Å². The number of aliphatic carboxylic acids is 1. The zero-order chi connectivity index (χ0) is 21.5. The van der Waals surface area contributed by atoms with Gasteiger partial charge >= 0.3 is 5.97 Å². The molecule has 0 radical (unpaired) electrons. The number of rotatable bonds is 4. The fourth-order valence-corrected chi connectivity index (χ4v) is 11.0. The highest BCUT2D eigenvalue weighted by Crippen LogP contribution is 2.84. The summed E-state index contributed by atoms with van der Waals surface area (Å²) in [6.45, 7) is 12.9. The van der Waals surface area contributed by atoms with Gasteiger partial charge in [-0.15, -0.1) is 0 Å². The minimum Gasteiger partial charge on any atom is -0.481 e. The lowest BCUT2D eigenvalue weighted by atomic mass is 9.28. The molecule has 5 rings (SSSR count). The van der Waals surface area contributed by atoms with Gasteiger partial charge in [-0.25, -0.2) is 0 Å². The summed E-state index contributed by atoms with van der Waals surface area (Å²) in [7, 11) is 0. The Morgan fingerprint density at radius 1 is 1.03 bits per heavy atom. The van der Waals surface area contributed by atoms with Crippen molar-refractivity contribution in [2.24, 2.45) is 63.6 Å². The summed E-state index contributed by atoms with van der Waals surface area (Å²) in [5.74, 6) is 6.26. The second-order valence-corrected chi connectivity index (χ2v) is 13.4. The molecule has 0 amide bonds. The van der Waals surface area contributed by atoms with Crippen LogP contribution in [-0.4, -0.2) is 11.1 Å². The van der Waals surface area contributed by atoms with Crippen LogP contribution in [0, 0.1) is 63.6 Å². The lowest BCUT2D eigenvalue weighted by Crippen LogP contribution is -2.70. The van der Waals surface area contributed by atoms with Gasteiger partial charge in [-0.3, -0.25) is 4.79 Å². The zero-order valence-electron chi connectivity index (χ0n) is 20.3. The maximum atomic E-state index is 11.2. The first-order valence-electron chi connectivity index (χ1n) is 13.3. The Bertz CT molecular complexity index is 701. The number of carboxylic acids is 1. The van der Waals surface area contributed by atoms with Crippen LogP contribution >= 0.6 is 0 Å². The van der Waals surface area contributed by atoms with E-state index in [1.807, 2.05) is 0 Å². The summed E-state index contributed by atoms with van der Waals surface area (Å²) in [5, 5.41) is 9.23. The van der Waals surface area contributed by atoms with Crippen LogP contribution in [0.15, 0.2) is 0 Å². The normalized spacial score (nSPS) is 55.4. The molecular weight excluding hydrogens is 368 g/mol. The quantitative estimate of drug-likeness (QED) is 0.519. The maximum absolute atomic E-state index is 11.2. The molecule has 1 N–H and O–H groups in total. The standard InChI is InChI=1S/C28H46O2/c1-17-6-8-20-14-19(3)25-23(26(20,4)12-10-17)15-21-16-28(25)13-11-22(27(21,28)5)18(2)7-9-24(29)30/h17-23,25H,6-16H2,1-5H3,(H,29,30)/t17-,18?,19?,20+,21?,22?,23?,25?,26?,27?,28+/m1/s1. The predicted octanol–water partition coefficient (Wildman–Crippen LogP) is 7.42. The molecule has 11 atom stereocenters. The zero-order valence-corrected chi connectivity index (χ0v) is 20.3. The predicted molar refractivity (Wildman–Crippen MR) is 122 cm³/mol. The van der Waals surface area contributed by atoms with Crippen molar-refractivity contribution in [3.63, 3.8) is 0 Å². The van der Waals surface area contributed by atoms with Gasteiger partial charge in [-0.1, -0.05) is 47.5 Å². The monoisotopic (exact) mass is 414 g/mol. The first kappa shape index (κ1) is 21.3. The molecule has 170 valence electrons. The second kappa shape index (κ2) is 6.98. The first-order valence-corrected chi connectivity index (χ1v) is 13.3. The van der Waals surface area contributed by atoms with E-state index in [9.17, 15) is 9.90 Å². The molecule has 2 nitrogen and oxygen atoms in total. The van der Waals surface area contributed by atoms with E-state index in [1.54, 1.807) is 0 Å². The van der Waals surface area contributed by atoms with E-state index in [-0.39, 0.29) is 0 Å². The summed E-state index contributed by atoms with van der Waals surface area (Å²) in [4.78, 5) is 11.2. The molecule has 5 aliphatic carbocycles. The maximum Gasteiger partial charge on any atom is 0.303 e. The van der Waals surface area contributed by atoms with Crippen LogP contribution in [0.1, 0.15) is 105 Å². The Morgan fingerprint density at radius 2 is 1.80 bits per heavy atom. The molecule has 5 saturated carbocycles. The average Bonchev–Trinajstić information content (AvgIpc) is 2.83. The highest BCUT2D eigenvalue weighted by molar-refractivity contribution is 5.66. The molecule has 30 heavy (non-hydrogen) atoms. The van der Waals surface area contributed by atoms with Crippen LogP contribution in [0.3, 0.4) is 0 Å². The topological polar surface area (TPSA) is 37.3 Å². The molecule has 1 spiro atoms. The molecule has 0 aromatic rings. The van der Waals surface area contributed by atoms with Crippen molar-refractivity contribution in [3.8, 4) is 0 Å². The highest BCUT2D eigenvalue weighted by atomic mass is 16.4. The largest absolute Gasteiger partial charge is 0.481 e. The van der Waals surface area contributed by atoms with Crippen molar-refractivity contribution in [2.45, 2.75) is 105 Å². The molecule has 0 saturated heterocycles. The molecule has 0 aromatic carbocycles. The molecule has 8 unspecified atom stereocenters. The van der Waals surface area contributed by atoms with Crippen molar-refractivity contribution < 1.29 is 9.90 Å². The molecule has 0 aliphatic heterocycles. The Hall–Kier alpha value is -0.530. The molecule has 5 aliphatic rings. The highest BCUT2D eigenvalue weighted by Gasteiger charge is 2.77. The summed E-state index contributed by atoms with van der Waals surface area (Å²) in [6, 6.07) is 0. The summed E-state index contributed by atoms with van der Waals surface area (Å²) >= 11 is 0. The third-order valence-electron chi connectivity index (χ3n) is 12.5. The number of carboxylic acid groups (broad SMARTS) is 1. The Labute approximate surface area is 185 Å². The summed E-state index contributed by atoms with van der Waals surface area (Å²) < 4.78 is 0. The van der Waals surface area contributed by atoms with Gasteiger partial charge in [0, 0.05) is 6.42 Å². The fourth-order valence-electron chi connectivity index (χ4n) is 11.0. The van der Waals surface area contributed by atoms with Crippen LogP contribution in [0.5, 0.6) is 0 Å². The molecule has 2 heteroatoms. The third kappa shape index (κ3) is 2.63. The van der Waals surface area contributed by atoms with Gasteiger partial charge in [0.25, 0.3) is 0 Å². The van der Waals surface area contributed by atoms with Crippen LogP contribution in [0.2, 0.25) is 0 Å². The van der Waals surface area contributed by atoms with Crippen LogP contribution in [0.4, 0.5) is 0 Å². The molecule has 5 fully saturated rings. The molecule has 2 bridgehead atoms. The third-order valence-corrected chi connectivity index (χ3v) is 12.5.